The molecule has 1 aliphatic carbocycles. The van der Waals surface area contributed by atoms with Crippen LogP contribution >= 0.6 is 0 Å². The molecule has 1 amide bonds. The van der Waals surface area contributed by atoms with Crippen LogP contribution in [0.2, 0.25) is 0 Å². The maximum absolute atomic E-state index is 14.0. The molecule has 30 heavy (non-hydrogen) atoms. The molecule has 0 aromatic heterocycles. The van der Waals surface area contributed by atoms with Crippen molar-refractivity contribution in [1.29, 1.82) is 0 Å². The summed E-state index contributed by atoms with van der Waals surface area (Å²) >= 11 is 0. The first-order chi connectivity index (χ1) is 14.0. The van der Waals surface area contributed by atoms with Gasteiger partial charge in [0, 0.05) is 16.8 Å². The second kappa shape index (κ2) is 8.05. The van der Waals surface area contributed by atoms with E-state index in [1.165, 1.54) is 0 Å². The summed E-state index contributed by atoms with van der Waals surface area (Å²) < 4.78 is 33.9. The highest BCUT2D eigenvalue weighted by Crippen LogP contribution is 2.48. The number of benzene rings is 2. The first kappa shape index (κ1) is 21.7. The summed E-state index contributed by atoms with van der Waals surface area (Å²) in [7, 11) is 0. The smallest absolute Gasteiger partial charge is 0.341 e. The molecule has 1 saturated carbocycles. The van der Waals surface area contributed by atoms with Crippen molar-refractivity contribution in [3.8, 4) is 5.75 Å². The van der Waals surface area contributed by atoms with E-state index in [0.717, 1.165) is 41.9 Å². The van der Waals surface area contributed by atoms with Crippen LogP contribution < -0.4 is 10.1 Å². The van der Waals surface area contributed by atoms with E-state index in [0.29, 0.717) is 18.1 Å². The predicted molar refractivity (Wildman–Crippen MR) is 110 cm³/mol. The summed E-state index contributed by atoms with van der Waals surface area (Å²) in [5.74, 6) is -3.63. The van der Waals surface area contributed by atoms with Crippen molar-refractivity contribution in [2.75, 3.05) is 11.9 Å². The van der Waals surface area contributed by atoms with Crippen LogP contribution in [0.1, 0.15) is 78.3 Å². The Morgan fingerprint density at radius 2 is 1.73 bits per heavy atom. The van der Waals surface area contributed by atoms with Crippen LogP contribution in [0.5, 0.6) is 5.75 Å². The summed E-state index contributed by atoms with van der Waals surface area (Å²) in [5, 5.41) is 11.4. The number of carboxylic acid groups (broad SMARTS) is 1. The highest BCUT2D eigenvalue weighted by atomic mass is 19.1. The number of nitrogens with one attached hydrogen (secondary N) is 1. The van der Waals surface area contributed by atoms with Crippen LogP contribution in [-0.4, -0.2) is 23.6 Å². The highest BCUT2D eigenvalue weighted by molar-refractivity contribution is 6.05. The number of ether oxygens (including phenoxy) is 1. The number of carbonyl (C=O) groups is 2. The molecular formula is C23H25F2NO4. The van der Waals surface area contributed by atoms with Gasteiger partial charge in [-0.1, -0.05) is 20.8 Å². The summed E-state index contributed by atoms with van der Waals surface area (Å²) in [6, 6.07) is 5.10. The molecule has 0 spiro atoms. The van der Waals surface area contributed by atoms with Crippen LogP contribution in [0.25, 0.3) is 0 Å². The van der Waals surface area contributed by atoms with Crippen molar-refractivity contribution < 1.29 is 28.2 Å². The van der Waals surface area contributed by atoms with E-state index in [9.17, 15) is 18.4 Å². The fourth-order valence-electron chi connectivity index (χ4n) is 3.40. The van der Waals surface area contributed by atoms with Gasteiger partial charge in [-0.2, -0.15) is 0 Å². The molecule has 0 radical (unpaired) electrons. The Morgan fingerprint density at radius 1 is 1.13 bits per heavy atom. The third-order valence-corrected chi connectivity index (χ3v) is 5.01. The zero-order valence-electron chi connectivity index (χ0n) is 17.4. The molecule has 0 bridgehead atoms. The molecule has 3 rings (SSSR count). The zero-order valence-corrected chi connectivity index (χ0v) is 17.4. The molecule has 0 unspecified atom stereocenters. The lowest BCUT2D eigenvalue weighted by molar-refractivity contribution is 0.0686. The van der Waals surface area contributed by atoms with Gasteiger partial charge in [0.15, 0.2) is 0 Å². The van der Waals surface area contributed by atoms with Gasteiger partial charge in [0.1, 0.15) is 22.9 Å². The fraction of sp³-hybridized carbons (Fsp3) is 0.391. The predicted octanol–water partition coefficient (Wildman–Crippen LogP) is 5.49. The number of hydrogen-bond acceptors (Lipinski definition) is 3. The summed E-state index contributed by atoms with van der Waals surface area (Å²) in [5.41, 5.74) is 0.712. The second-order valence-electron chi connectivity index (χ2n) is 8.47. The van der Waals surface area contributed by atoms with Gasteiger partial charge in [-0.15, -0.1) is 0 Å². The van der Waals surface area contributed by atoms with E-state index in [1.807, 2.05) is 27.7 Å². The fourth-order valence-corrected chi connectivity index (χ4v) is 3.40. The van der Waals surface area contributed by atoms with Gasteiger partial charge < -0.3 is 15.2 Å². The molecule has 0 atom stereocenters. The van der Waals surface area contributed by atoms with E-state index in [-0.39, 0.29) is 11.1 Å². The molecule has 2 N–H and O–H groups in total. The monoisotopic (exact) mass is 417 g/mol. The van der Waals surface area contributed by atoms with E-state index >= 15 is 0 Å². The summed E-state index contributed by atoms with van der Waals surface area (Å²) in [6.45, 7) is 8.49. The number of rotatable bonds is 6. The lowest BCUT2D eigenvalue weighted by atomic mass is 9.83. The minimum atomic E-state index is -1.71. The van der Waals surface area contributed by atoms with E-state index < -0.39 is 29.1 Å². The molecule has 2 aromatic rings. The average molecular weight is 417 g/mol. The van der Waals surface area contributed by atoms with Gasteiger partial charge in [0.25, 0.3) is 5.91 Å². The molecule has 160 valence electrons. The molecule has 0 saturated heterocycles. The average Bonchev–Trinajstić information content (AvgIpc) is 3.45. The lowest BCUT2D eigenvalue weighted by Gasteiger charge is -2.26. The highest BCUT2D eigenvalue weighted by Gasteiger charge is 2.32. The van der Waals surface area contributed by atoms with Gasteiger partial charge in [0.05, 0.1) is 6.61 Å². The molecule has 7 heteroatoms. The van der Waals surface area contributed by atoms with E-state index in [1.54, 1.807) is 12.1 Å². The van der Waals surface area contributed by atoms with Crippen molar-refractivity contribution in [3.05, 3.63) is 58.2 Å². The Balaban J connectivity index is 2.00. The normalized spacial score (nSPS) is 13.8. The topological polar surface area (TPSA) is 75.6 Å². The third kappa shape index (κ3) is 4.45. The van der Waals surface area contributed by atoms with Crippen molar-refractivity contribution in [1.82, 2.24) is 0 Å². The molecule has 1 fully saturated rings. The van der Waals surface area contributed by atoms with Gasteiger partial charge in [-0.3, -0.25) is 4.79 Å². The van der Waals surface area contributed by atoms with Gasteiger partial charge in [-0.25, -0.2) is 13.6 Å². The SMILES string of the molecule is CCOc1c(C2CC2)cc(C(=O)Nc2cc(F)c(C(=O)O)c(F)c2)cc1C(C)(C)C. The molecular weight excluding hydrogens is 392 g/mol. The Bertz CT molecular complexity index is 984. The van der Waals surface area contributed by atoms with E-state index in [4.69, 9.17) is 9.84 Å². The van der Waals surface area contributed by atoms with Gasteiger partial charge >= 0.3 is 5.97 Å². The summed E-state index contributed by atoms with van der Waals surface area (Å²) in [6.07, 6.45) is 2.03. The molecule has 2 aromatic carbocycles. The molecule has 0 aliphatic heterocycles. The van der Waals surface area contributed by atoms with Crippen LogP contribution in [0.15, 0.2) is 24.3 Å². The Morgan fingerprint density at radius 3 is 2.20 bits per heavy atom. The Labute approximate surface area is 174 Å². The number of carbonyl (C=O) groups excluding carboxylic acids is 1. The van der Waals surface area contributed by atoms with Gasteiger partial charge in [-0.05, 0) is 60.9 Å². The number of amides is 1. The lowest BCUT2D eigenvalue weighted by Crippen LogP contribution is -2.19. The van der Waals surface area contributed by atoms with Crippen LogP contribution in [0.3, 0.4) is 0 Å². The number of hydrogen-bond donors (Lipinski definition) is 2. The molecule has 5 nitrogen and oxygen atoms in total. The number of aromatic carboxylic acids is 1. The minimum Gasteiger partial charge on any atom is -0.493 e. The van der Waals surface area contributed by atoms with E-state index in [2.05, 4.69) is 5.32 Å². The molecule has 1 aliphatic rings. The van der Waals surface area contributed by atoms with Crippen molar-refractivity contribution in [2.45, 2.75) is 51.9 Å². The maximum atomic E-state index is 14.0. The number of carboxylic acids is 1. The quantitative estimate of drug-likeness (QED) is 0.652. The standard InChI is InChI=1S/C23H25F2NO4/c1-5-30-20-15(12-6-7-12)8-13(9-16(20)23(2,3)4)21(27)26-14-10-17(24)19(22(28)29)18(25)11-14/h8-12H,5-7H2,1-4H3,(H,26,27)(H,28,29). The maximum Gasteiger partial charge on any atom is 0.341 e. The first-order valence-electron chi connectivity index (χ1n) is 9.87. The molecule has 0 heterocycles. The first-order valence-corrected chi connectivity index (χ1v) is 9.87. The Hall–Kier alpha value is -2.96. The van der Waals surface area contributed by atoms with Crippen LogP contribution in [0.4, 0.5) is 14.5 Å². The van der Waals surface area contributed by atoms with Gasteiger partial charge in [0.2, 0.25) is 0 Å². The van der Waals surface area contributed by atoms with Crippen LogP contribution in [0, 0.1) is 11.6 Å². The number of anilines is 1. The minimum absolute atomic E-state index is 0.154. The summed E-state index contributed by atoms with van der Waals surface area (Å²) in [4.78, 5) is 23.8. The van der Waals surface area contributed by atoms with Crippen molar-refractivity contribution in [2.24, 2.45) is 0 Å². The van der Waals surface area contributed by atoms with Crippen molar-refractivity contribution in [3.63, 3.8) is 0 Å². The van der Waals surface area contributed by atoms with Crippen LogP contribution in [-0.2, 0) is 5.41 Å². The zero-order chi connectivity index (χ0) is 22.2. The number of halogens is 2. The third-order valence-electron chi connectivity index (χ3n) is 5.01. The second-order valence-corrected chi connectivity index (χ2v) is 8.47. The Kier molecular flexibility index (Phi) is 5.83. The van der Waals surface area contributed by atoms with Crippen molar-refractivity contribution >= 4 is 17.6 Å². The largest absolute Gasteiger partial charge is 0.493 e.